The Hall–Kier alpha value is -2.98. The van der Waals surface area contributed by atoms with Crippen molar-refractivity contribution in [3.63, 3.8) is 0 Å². The lowest BCUT2D eigenvalue weighted by molar-refractivity contribution is -0.0108. The number of unbranched alkanes of at least 4 members (excludes halogenated alkanes) is 5. The number of carboxylic acid groups (broad SMARTS) is 1. The first-order valence-corrected chi connectivity index (χ1v) is 14.6. The van der Waals surface area contributed by atoms with Crippen LogP contribution in [-0.4, -0.2) is 83.1 Å². The molecule has 0 radical (unpaired) electrons. The summed E-state index contributed by atoms with van der Waals surface area (Å²) in [6, 6.07) is 14.3. The van der Waals surface area contributed by atoms with Gasteiger partial charge in [0.15, 0.2) is 0 Å². The first kappa shape index (κ1) is 34.2. The number of benzene rings is 2. The van der Waals surface area contributed by atoms with Crippen LogP contribution in [0.3, 0.4) is 0 Å². The Kier molecular flexibility index (Phi) is 18.9. The molecule has 228 valence electrons. The van der Waals surface area contributed by atoms with Crippen molar-refractivity contribution in [1.82, 2.24) is 0 Å². The van der Waals surface area contributed by atoms with Crippen LogP contribution in [0.25, 0.3) is 0 Å². The zero-order valence-electron chi connectivity index (χ0n) is 24.4. The molecule has 9 nitrogen and oxygen atoms in total. The minimum atomic E-state index is -1.18. The van der Waals surface area contributed by atoms with Crippen molar-refractivity contribution in [3.8, 4) is 5.75 Å². The molecule has 0 aliphatic rings. The second-order valence-electron chi connectivity index (χ2n) is 9.45. The molecule has 0 saturated heterocycles. The normalized spacial score (nSPS) is 11.0. The molecule has 2 rings (SSSR count). The third-order valence-electron chi connectivity index (χ3n) is 6.19. The van der Waals surface area contributed by atoms with Gasteiger partial charge in [-0.15, -0.1) is 0 Å². The van der Waals surface area contributed by atoms with Crippen LogP contribution >= 0.6 is 0 Å². The number of rotatable bonds is 25. The Bertz CT molecular complexity index is 962. The van der Waals surface area contributed by atoms with Crippen LogP contribution in [-0.2, 0) is 30.1 Å². The Morgan fingerprint density at radius 3 is 1.71 bits per heavy atom. The lowest BCUT2D eigenvalue weighted by Crippen LogP contribution is -2.16. The summed E-state index contributed by atoms with van der Waals surface area (Å²) in [5, 5.41) is 9.13. The molecule has 0 aliphatic heterocycles. The van der Waals surface area contributed by atoms with Gasteiger partial charge in [0.05, 0.1) is 64.0 Å². The molecule has 0 fully saturated rings. The van der Waals surface area contributed by atoms with Gasteiger partial charge in [-0.2, -0.15) is 0 Å². The molecule has 0 spiro atoms. The average molecular weight is 575 g/mol. The van der Waals surface area contributed by atoms with Crippen molar-refractivity contribution in [1.29, 1.82) is 0 Å². The molecule has 0 aliphatic carbocycles. The average Bonchev–Trinajstić information content (AvgIpc) is 2.99. The largest absolute Gasteiger partial charge is 0.491 e. The highest BCUT2D eigenvalue weighted by Gasteiger charge is 2.16. The number of esters is 1. The van der Waals surface area contributed by atoms with Crippen molar-refractivity contribution in [2.75, 3.05) is 66.1 Å². The van der Waals surface area contributed by atoms with E-state index in [0.29, 0.717) is 52.9 Å². The molecular formula is C32H46O9. The predicted octanol–water partition coefficient (Wildman–Crippen LogP) is 5.59. The van der Waals surface area contributed by atoms with Gasteiger partial charge in [0.25, 0.3) is 0 Å². The third-order valence-corrected chi connectivity index (χ3v) is 6.19. The van der Waals surface area contributed by atoms with E-state index in [2.05, 4.69) is 19.1 Å². The number of carbonyl (C=O) groups is 2. The summed E-state index contributed by atoms with van der Waals surface area (Å²) in [5.41, 5.74) is 1.28. The highest BCUT2D eigenvalue weighted by atomic mass is 16.6. The molecule has 41 heavy (non-hydrogen) atoms. The summed E-state index contributed by atoms with van der Waals surface area (Å²) in [6.45, 7) is 6.01. The maximum absolute atomic E-state index is 12.0. The van der Waals surface area contributed by atoms with Crippen LogP contribution in [0.1, 0.15) is 71.7 Å². The van der Waals surface area contributed by atoms with Crippen molar-refractivity contribution >= 4 is 11.9 Å². The van der Waals surface area contributed by atoms with Crippen molar-refractivity contribution in [3.05, 3.63) is 65.2 Å². The Balaban J connectivity index is 1.34. The Labute approximate surface area is 244 Å². The van der Waals surface area contributed by atoms with Crippen LogP contribution in [0.2, 0.25) is 0 Å². The first-order chi connectivity index (χ1) is 20.1. The molecule has 2 aromatic carbocycles. The van der Waals surface area contributed by atoms with E-state index in [4.69, 9.17) is 33.5 Å². The molecule has 0 saturated carbocycles. The summed E-state index contributed by atoms with van der Waals surface area (Å²) in [5.74, 6) is -1.01. The maximum Gasteiger partial charge on any atom is 0.339 e. The van der Waals surface area contributed by atoms with Crippen molar-refractivity contribution < 1.29 is 43.1 Å². The fourth-order valence-electron chi connectivity index (χ4n) is 3.96. The second kappa shape index (κ2) is 22.7. The Morgan fingerprint density at radius 1 is 0.610 bits per heavy atom. The van der Waals surface area contributed by atoms with Gasteiger partial charge in [-0.1, -0.05) is 63.3 Å². The zero-order valence-corrected chi connectivity index (χ0v) is 24.4. The van der Waals surface area contributed by atoms with E-state index in [0.717, 1.165) is 12.2 Å². The fraction of sp³-hybridized carbons (Fsp3) is 0.562. The monoisotopic (exact) mass is 574 g/mol. The van der Waals surface area contributed by atoms with Crippen LogP contribution in [0.4, 0.5) is 0 Å². The molecule has 0 amide bonds. The molecule has 0 heterocycles. The number of aryl methyl sites for hydroxylation is 1. The lowest BCUT2D eigenvalue weighted by atomic mass is 10.0. The van der Waals surface area contributed by atoms with E-state index in [1.54, 1.807) is 12.1 Å². The fourth-order valence-corrected chi connectivity index (χ4v) is 3.96. The first-order valence-electron chi connectivity index (χ1n) is 14.6. The number of ether oxygens (including phenoxy) is 6. The summed E-state index contributed by atoms with van der Waals surface area (Å²) in [6.07, 6.45) is 9.00. The van der Waals surface area contributed by atoms with Gasteiger partial charge in [0.1, 0.15) is 19.0 Å². The number of hydrogen-bond donors (Lipinski definition) is 1. The van der Waals surface area contributed by atoms with Gasteiger partial charge in [0, 0.05) is 0 Å². The molecule has 1 N–H and O–H groups in total. The van der Waals surface area contributed by atoms with Gasteiger partial charge in [0.2, 0.25) is 0 Å². The summed E-state index contributed by atoms with van der Waals surface area (Å²) < 4.78 is 32.6. The minimum Gasteiger partial charge on any atom is -0.491 e. The third kappa shape index (κ3) is 16.2. The molecule has 0 aromatic heterocycles. The SMILES string of the molecule is CCCCCCCCc1ccc(OCCOCCOCCOCCOCCOC(=O)c2ccccc2C(=O)O)cc1. The highest BCUT2D eigenvalue weighted by molar-refractivity contribution is 6.02. The van der Waals surface area contributed by atoms with E-state index in [1.165, 1.54) is 56.2 Å². The quantitative estimate of drug-likeness (QED) is 0.120. The van der Waals surface area contributed by atoms with E-state index in [-0.39, 0.29) is 24.3 Å². The van der Waals surface area contributed by atoms with Gasteiger partial charge >= 0.3 is 11.9 Å². The second-order valence-corrected chi connectivity index (χ2v) is 9.45. The minimum absolute atomic E-state index is 0.0153. The van der Waals surface area contributed by atoms with Crippen molar-refractivity contribution in [2.45, 2.75) is 51.9 Å². The molecule has 0 atom stereocenters. The topological polar surface area (TPSA) is 110 Å². The van der Waals surface area contributed by atoms with E-state index in [9.17, 15) is 9.59 Å². The molecule has 0 unspecified atom stereocenters. The lowest BCUT2D eigenvalue weighted by Gasteiger charge is -2.09. The van der Waals surface area contributed by atoms with Gasteiger partial charge < -0.3 is 33.5 Å². The molecule has 9 heteroatoms. The molecule has 0 bridgehead atoms. The molecular weight excluding hydrogens is 528 g/mol. The van der Waals surface area contributed by atoms with Gasteiger partial charge in [-0.25, -0.2) is 9.59 Å². The summed E-state index contributed by atoms with van der Waals surface area (Å²) in [7, 11) is 0. The van der Waals surface area contributed by atoms with Crippen molar-refractivity contribution in [2.24, 2.45) is 0 Å². The molecule has 2 aromatic rings. The van der Waals surface area contributed by atoms with Crippen LogP contribution in [0.15, 0.2) is 48.5 Å². The summed E-state index contributed by atoms with van der Waals surface area (Å²) >= 11 is 0. The van der Waals surface area contributed by atoms with Crippen LogP contribution in [0.5, 0.6) is 5.75 Å². The Morgan fingerprint density at radius 2 is 1.12 bits per heavy atom. The van der Waals surface area contributed by atoms with Crippen LogP contribution in [0, 0.1) is 0 Å². The zero-order chi connectivity index (χ0) is 29.4. The number of hydrogen-bond acceptors (Lipinski definition) is 8. The highest BCUT2D eigenvalue weighted by Crippen LogP contribution is 2.15. The van der Waals surface area contributed by atoms with Gasteiger partial charge in [-0.3, -0.25) is 0 Å². The standard InChI is InChI=1S/C32H46O9/c1-2-3-4-5-6-7-10-27-13-15-28(16-14-27)40-25-23-38-21-19-36-17-18-37-20-22-39-24-26-41-32(35)30-12-9-8-11-29(30)31(33)34/h8-9,11-16H,2-7,10,17-26H2,1H3,(H,33,34). The number of carbonyl (C=O) groups excluding carboxylic acids is 1. The van der Waals surface area contributed by atoms with Gasteiger partial charge in [-0.05, 0) is 42.7 Å². The summed E-state index contributed by atoms with van der Waals surface area (Å²) in [4.78, 5) is 23.2. The number of aromatic carboxylic acids is 1. The smallest absolute Gasteiger partial charge is 0.339 e. The van der Waals surface area contributed by atoms with E-state index >= 15 is 0 Å². The number of carboxylic acids is 1. The predicted molar refractivity (Wildman–Crippen MR) is 156 cm³/mol. The van der Waals surface area contributed by atoms with E-state index < -0.39 is 11.9 Å². The van der Waals surface area contributed by atoms with Crippen LogP contribution < -0.4 is 4.74 Å². The van der Waals surface area contributed by atoms with E-state index in [1.807, 2.05) is 12.1 Å². The maximum atomic E-state index is 12.0.